The molecule has 0 spiro atoms. The first-order chi connectivity index (χ1) is 16.6. The molecular formula is C25H26FN5O4. The standard InChI is InChI=1S/C25H26FN5O4/c1-25(2,3)31-23-16(12-27-31)19(13-10-17(34-4)21(32)18(11-13)35-5)20-22(28-23)29-24(33)30(20)15-8-6-14(26)7-9-15/h6-12,19-20,32H,1-5H3,(H,28,29,33)/t19-,20+/m1/s1. The minimum Gasteiger partial charge on any atom is -0.502 e. The van der Waals surface area contributed by atoms with E-state index in [4.69, 9.17) is 14.5 Å². The van der Waals surface area contributed by atoms with Gasteiger partial charge in [0, 0.05) is 17.2 Å². The van der Waals surface area contributed by atoms with E-state index < -0.39 is 17.8 Å². The highest BCUT2D eigenvalue weighted by atomic mass is 19.1. The Morgan fingerprint density at radius 2 is 1.71 bits per heavy atom. The van der Waals surface area contributed by atoms with Crippen LogP contribution in [0.3, 0.4) is 0 Å². The number of fused-ring (bicyclic) bond motifs is 2. The van der Waals surface area contributed by atoms with Crippen LogP contribution in [-0.2, 0) is 5.54 Å². The van der Waals surface area contributed by atoms with E-state index in [9.17, 15) is 14.3 Å². The molecule has 2 aliphatic rings. The molecule has 0 saturated carbocycles. The van der Waals surface area contributed by atoms with Crippen LogP contribution >= 0.6 is 0 Å². The maximum absolute atomic E-state index is 13.7. The second-order valence-corrected chi connectivity index (χ2v) is 9.48. The van der Waals surface area contributed by atoms with Crippen LogP contribution < -0.4 is 19.7 Å². The number of phenols is 1. The van der Waals surface area contributed by atoms with E-state index >= 15 is 0 Å². The molecule has 0 bridgehead atoms. The molecule has 182 valence electrons. The van der Waals surface area contributed by atoms with E-state index in [0.717, 1.165) is 11.1 Å². The van der Waals surface area contributed by atoms with E-state index in [1.807, 2.05) is 25.5 Å². The number of ether oxygens (including phenoxy) is 2. The van der Waals surface area contributed by atoms with Crippen molar-refractivity contribution >= 4 is 23.4 Å². The zero-order valence-corrected chi connectivity index (χ0v) is 20.0. The van der Waals surface area contributed by atoms with E-state index in [0.29, 0.717) is 17.3 Å². The van der Waals surface area contributed by atoms with Gasteiger partial charge in [0.25, 0.3) is 0 Å². The fourth-order valence-corrected chi connectivity index (χ4v) is 4.69. The van der Waals surface area contributed by atoms with Gasteiger partial charge in [0.15, 0.2) is 17.3 Å². The lowest BCUT2D eigenvalue weighted by Gasteiger charge is -2.34. The molecule has 9 nitrogen and oxygen atoms in total. The molecular weight excluding hydrogens is 453 g/mol. The van der Waals surface area contributed by atoms with Crippen molar-refractivity contribution in [3.8, 4) is 17.2 Å². The summed E-state index contributed by atoms with van der Waals surface area (Å²) < 4.78 is 26.3. The second-order valence-electron chi connectivity index (χ2n) is 9.48. The summed E-state index contributed by atoms with van der Waals surface area (Å²) >= 11 is 0. The smallest absolute Gasteiger partial charge is 0.328 e. The number of aliphatic imine (C=N–C) groups is 1. The topological polar surface area (TPSA) is 101 Å². The molecule has 2 atom stereocenters. The van der Waals surface area contributed by atoms with Crippen molar-refractivity contribution in [2.45, 2.75) is 38.3 Å². The van der Waals surface area contributed by atoms with Crippen molar-refractivity contribution in [3.63, 3.8) is 0 Å². The number of aromatic hydroxyl groups is 1. The Morgan fingerprint density at radius 1 is 1.09 bits per heavy atom. The number of amides is 2. The molecule has 1 saturated heterocycles. The number of amidine groups is 1. The molecule has 3 aromatic rings. The van der Waals surface area contributed by atoms with Gasteiger partial charge < -0.3 is 14.6 Å². The fourth-order valence-electron chi connectivity index (χ4n) is 4.69. The molecule has 2 N–H and O–H groups in total. The molecule has 2 amide bonds. The zero-order chi connectivity index (χ0) is 25.1. The Bertz CT molecular complexity index is 1320. The molecule has 0 radical (unpaired) electrons. The number of nitrogens with zero attached hydrogens (tertiary/aromatic N) is 4. The van der Waals surface area contributed by atoms with E-state index in [2.05, 4.69) is 10.4 Å². The molecule has 10 heteroatoms. The number of halogens is 1. The SMILES string of the molecule is COc1cc([C@@H]2c3cnn(C(C)(C)C)c3N=C3NC(=O)N(c4ccc(F)cc4)[C@H]32)cc(OC)c1O. The highest BCUT2D eigenvalue weighted by Gasteiger charge is 2.48. The third-order valence-corrected chi connectivity index (χ3v) is 6.26. The summed E-state index contributed by atoms with van der Waals surface area (Å²) in [6.45, 7) is 6.06. The van der Waals surface area contributed by atoms with E-state index in [-0.39, 0.29) is 28.8 Å². The average molecular weight is 480 g/mol. The van der Waals surface area contributed by atoms with E-state index in [1.165, 1.54) is 26.4 Å². The normalized spacial score (nSPS) is 19.1. The Hall–Kier alpha value is -4.08. The zero-order valence-electron chi connectivity index (χ0n) is 20.0. The Kier molecular flexibility index (Phi) is 5.19. The predicted molar refractivity (Wildman–Crippen MR) is 129 cm³/mol. The van der Waals surface area contributed by atoms with E-state index in [1.54, 1.807) is 35.4 Å². The first-order valence-electron chi connectivity index (χ1n) is 11.1. The molecule has 2 aromatic carbocycles. The highest BCUT2D eigenvalue weighted by Crippen LogP contribution is 2.48. The van der Waals surface area contributed by atoms with Crippen LogP contribution in [0.25, 0.3) is 0 Å². The van der Waals surface area contributed by atoms with Crippen LogP contribution in [-0.4, -0.2) is 47.0 Å². The number of rotatable bonds is 4. The summed E-state index contributed by atoms with van der Waals surface area (Å²) in [5.74, 6) is 0.586. The quantitative estimate of drug-likeness (QED) is 0.582. The lowest BCUT2D eigenvalue weighted by Crippen LogP contribution is -2.42. The first-order valence-corrected chi connectivity index (χ1v) is 11.1. The monoisotopic (exact) mass is 479 g/mol. The van der Waals surface area contributed by atoms with Crippen LogP contribution in [0.15, 0.2) is 47.6 Å². The third kappa shape index (κ3) is 3.56. The molecule has 3 heterocycles. The van der Waals surface area contributed by atoms with Gasteiger partial charge in [-0.1, -0.05) is 0 Å². The minimum atomic E-state index is -0.572. The molecule has 1 fully saturated rings. The van der Waals surface area contributed by atoms with Crippen molar-refractivity contribution in [1.82, 2.24) is 15.1 Å². The maximum atomic E-state index is 13.7. The Balaban J connectivity index is 1.76. The summed E-state index contributed by atoms with van der Waals surface area (Å²) in [7, 11) is 2.92. The molecule has 2 aliphatic heterocycles. The lowest BCUT2D eigenvalue weighted by atomic mass is 9.83. The van der Waals surface area contributed by atoms with Gasteiger partial charge in [-0.3, -0.25) is 10.2 Å². The number of hydrogen-bond donors (Lipinski definition) is 2. The summed E-state index contributed by atoms with van der Waals surface area (Å²) in [6.07, 6.45) is 1.75. The molecule has 0 aliphatic carbocycles. The average Bonchev–Trinajstić information content (AvgIpc) is 3.38. The van der Waals surface area contributed by atoms with Crippen LogP contribution in [0.2, 0.25) is 0 Å². The number of anilines is 1. The van der Waals surface area contributed by atoms with Gasteiger partial charge in [0.1, 0.15) is 17.7 Å². The number of carbonyl (C=O) groups is 1. The van der Waals surface area contributed by atoms with Crippen molar-refractivity contribution in [3.05, 3.63) is 59.5 Å². The largest absolute Gasteiger partial charge is 0.502 e. The van der Waals surface area contributed by atoms with Gasteiger partial charge in [-0.05, 0) is 62.7 Å². The highest BCUT2D eigenvalue weighted by molar-refractivity contribution is 6.18. The number of benzene rings is 2. The second kappa shape index (κ2) is 8.00. The number of methoxy groups -OCH3 is 2. The Morgan fingerprint density at radius 3 is 2.29 bits per heavy atom. The molecule has 35 heavy (non-hydrogen) atoms. The van der Waals surface area contributed by atoms with Gasteiger partial charge in [-0.25, -0.2) is 18.9 Å². The summed E-state index contributed by atoms with van der Waals surface area (Å²) in [5, 5.41) is 18.0. The van der Waals surface area contributed by atoms with Gasteiger partial charge in [0.2, 0.25) is 5.75 Å². The maximum Gasteiger partial charge on any atom is 0.328 e. The number of nitrogens with one attached hydrogen (secondary N) is 1. The van der Waals surface area contributed by atoms with Crippen LogP contribution in [0, 0.1) is 5.82 Å². The molecule has 1 aromatic heterocycles. The van der Waals surface area contributed by atoms with Crippen molar-refractivity contribution in [2.24, 2.45) is 4.99 Å². The predicted octanol–water partition coefficient (Wildman–Crippen LogP) is 4.27. The van der Waals surface area contributed by atoms with Crippen LogP contribution in [0.4, 0.5) is 20.7 Å². The van der Waals surface area contributed by atoms with Gasteiger partial charge in [-0.2, -0.15) is 5.10 Å². The number of hydrogen-bond acceptors (Lipinski definition) is 6. The Labute approximate surface area is 201 Å². The van der Waals surface area contributed by atoms with Crippen LogP contribution in [0.1, 0.15) is 37.8 Å². The van der Waals surface area contributed by atoms with Crippen LogP contribution in [0.5, 0.6) is 17.2 Å². The van der Waals surface area contributed by atoms with Gasteiger partial charge in [0.05, 0.1) is 26.0 Å². The van der Waals surface area contributed by atoms with Gasteiger partial charge >= 0.3 is 6.03 Å². The fraction of sp³-hybridized carbons (Fsp3) is 0.320. The summed E-state index contributed by atoms with van der Waals surface area (Å²) in [5.41, 5.74) is 1.69. The van der Waals surface area contributed by atoms with Crippen molar-refractivity contribution in [2.75, 3.05) is 19.1 Å². The first kappa shape index (κ1) is 22.7. The number of carbonyl (C=O) groups excluding carboxylic acids is 1. The van der Waals surface area contributed by atoms with Crippen molar-refractivity contribution in [1.29, 1.82) is 0 Å². The lowest BCUT2D eigenvalue weighted by molar-refractivity contribution is 0.252. The number of aromatic nitrogens is 2. The minimum absolute atomic E-state index is 0.120. The van der Waals surface area contributed by atoms with Crippen molar-refractivity contribution < 1.29 is 23.8 Å². The number of phenolic OH excluding ortho intramolecular Hbond substituents is 1. The summed E-state index contributed by atoms with van der Waals surface area (Å²) in [4.78, 5) is 19.6. The number of urea groups is 1. The third-order valence-electron chi connectivity index (χ3n) is 6.26. The van der Waals surface area contributed by atoms with Gasteiger partial charge in [-0.15, -0.1) is 0 Å². The molecule has 5 rings (SSSR count). The summed E-state index contributed by atoms with van der Waals surface area (Å²) in [6, 6.07) is 8.23. The molecule has 0 unspecified atom stereocenters.